The zero-order valence-electron chi connectivity index (χ0n) is 11.1. The van der Waals surface area contributed by atoms with Crippen LogP contribution in [0.4, 0.5) is 5.82 Å². The molecule has 2 aromatic heterocycles. The Hall–Kier alpha value is -1.76. The number of aromatic amines is 1. The van der Waals surface area contributed by atoms with Gasteiger partial charge >= 0.3 is 0 Å². The Labute approximate surface area is 115 Å². The molecule has 0 aromatic carbocycles. The van der Waals surface area contributed by atoms with Crippen LogP contribution in [0, 0.1) is 0 Å². The van der Waals surface area contributed by atoms with Crippen molar-refractivity contribution in [2.75, 3.05) is 5.32 Å². The smallest absolute Gasteiger partial charge is 0.270 e. The molecule has 0 saturated heterocycles. The predicted molar refractivity (Wildman–Crippen MR) is 74.4 cm³/mol. The number of carbonyl (C=O) groups excluding carboxylic acids is 1. The van der Waals surface area contributed by atoms with Gasteiger partial charge in [-0.3, -0.25) is 9.89 Å². The first-order valence-corrected chi connectivity index (χ1v) is 7.18. The summed E-state index contributed by atoms with van der Waals surface area (Å²) in [7, 11) is 0. The third kappa shape index (κ3) is 3.37. The molecule has 0 aliphatic rings. The van der Waals surface area contributed by atoms with Crippen molar-refractivity contribution >= 4 is 23.3 Å². The average Bonchev–Trinajstić information content (AvgIpc) is 3.00. The largest absolute Gasteiger partial charge is 0.304 e. The van der Waals surface area contributed by atoms with Crippen molar-refractivity contribution in [1.82, 2.24) is 19.8 Å². The molecule has 19 heavy (non-hydrogen) atoms. The Bertz CT molecular complexity index is 548. The maximum atomic E-state index is 12.1. The van der Waals surface area contributed by atoms with Gasteiger partial charge < -0.3 is 5.32 Å². The number of hydrogen-bond donors (Lipinski definition) is 2. The average molecular weight is 279 g/mol. The van der Waals surface area contributed by atoms with Gasteiger partial charge in [-0.15, -0.1) is 5.10 Å². The molecule has 0 atom stereocenters. The predicted octanol–water partition coefficient (Wildman–Crippen LogP) is 2.42. The molecule has 0 bridgehead atoms. The van der Waals surface area contributed by atoms with Crippen LogP contribution in [0.2, 0.25) is 0 Å². The second-order valence-corrected chi connectivity index (χ2v) is 5.04. The minimum absolute atomic E-state index is 0.187. The molecule has 0 unspecified atom stereocenters. The van der Waals surface area contributed by atoms with E-state index < -0.39 is 0 Å². The fourth-order valence-corrected chi connectivity index (χ4v) is 2.38. The van der Waals surface area contributed by atoms with Crippen LogP contribution in [0.1, 0.15) is 47.7 Å². The molecule has 6 nitrogen and oxygen atoms in total. The molecule has 1 amide bonds. The van der Waals surface area contributed by atoms with Crippen molar-refractivity contribution in [3.8, 4) is 0 Å². The van der Waals surface area contributed by atoms with Gasteiger partial charge in [0.25, 0.3) is 5.91 Å². The molecule has 0 spiro atoms. The van der Waals surface area contributed by atoms with Gasteiger partial charge in [-0.1, -0.05) is 31.2 Å². The van der Waals surface area contributed by atoms with Crippen molar-refractivity contribution in [3.63, 3.8) is 0 Å². The Kier molecular flexibility index (Phi) is 4.62. The van der Waals surface area contributed by atoms with Gasteiger partial charge in [0, 0.05) is 11.8 Å². The lowest BCUT2D eigenvalue weighted by Crippen LogP contribution is -2.12. The number of aryl methyl sites for hydroxylation is 2. The fraction of sp³-hybridized carbons (Fsp3) is 0.500. The Balaban J connectivity index is 2.05. The highest BCUT2D eigenvalue weighted by molar-refractivity contribution is 7.08. The number of aromatic nitrogens is 4. The van der Waals surface area contributed by atoms with Crippen LogP contribution in [0.5, 0.6) is 0 Å². The molecule has 2 N–H and O–H groups in total. The second kappa shape index (κ2) is 6.42. The van der Waals surface area contributed by atoms with Crippen molar-refractivity contribution in [1.29, 1.82) is 0 Å². The van der Waals surface area contributed by atoms with Crippen molar-refractivity contribution < 1.29 is 4.79 Å². The standard InChI is InChI=1S/C12H17N5OS/c1-3-5-8-7-10(16-14-8)13-12(18)11-9(6-4-2)15-17-19-11/h7H,3-6H2,1-2H3,(H2,13,14,16,18). The summed E-state index contributed by atoms with van der Waals surface area (Å²) in [4.78, 5) is 12.7. The number of anilines is 1. The van der Waals surface area contributed by atoms with Gasteiger partial charge in [0.15, 0.2) is 5.82 Å². The van der Waals surface area contributed by atoms with Crippen molar-refractivity contribution in [2.45, 2.75) is 39.5 Å². The van der Waals surface area contributed by atoms with Crippen LogP contribution in [-0.4, -0.2) is 25.7 Å². The first-order valence-electron chi connectivity index (χ1n) is 6.41. The fourth-order valence-electron chi connectivity index (χ4n) is 1.78. The molecular weight excluding hydrogens is 262 g/mol. The summed E-state index contributed by atoms with van der Waals surface area (Å²) in [5.41, 5.74) is 1.78. The van der Waals surface area contributed by atoms with E-state index in [4.69, 9.17) is 0 Å². The normalized spacial score (nSPS) is 10.6. The summed E-state index contributed by atoms with van der Waals surface area (Å²) in [6, 6.07) is 1.86. The van der Waals surface area contributed by atoms with Gasteiger partial charge in [-0.25, -0.2) is 0 Å². The lowest BCUT2D eigenvalue weighted by Gasteiger charge is -2.00. The highest BCUT2D eigenvalue weighted by Gasteiger charge is 2.16. The summed E-state index contributed by atoms with van der Waals surface area (Å²) in [6.07, 6.45) is 3.66. The summed E-state index contributed by atoms with van der Waals surface area (Å²) in [6.45, 7) is 4.14. The topological polar surface area (TPSA) is 83.6 Å². The van der Waals surface area contributed by atoms with Crippen LogP contribution in [0.15, 0.2) is 6.07 Å². The Morgan fingerprint density at radius 2 is 2.16 bits per heavy atom. The van der Waals surface area contributed by atoms with E-state index in [2.05, 4.69) is 32.0 Å². The molecular formula is C12H17N5OS. The summed E-state index contributed by atoms with van der Waals surface area (Å²) >= 11 is 1.12. The van der Waals surface area contributed by atoms with Crippen LogP contribution in [0.3, 0.4) is 0 Å². The van der Waals surface area contributed by atoms with E-state index >= 15 is 0 Å². The molecule has 2 heterocycles. The maximum Gasteiger partial charge on any atom is 0.270 e. The van der Waals surface area contributed by atoms with E-state index in [0.717, 1.165) is 48.6 Å². The third-order valence-electron chi connectivity index (χ3n) is 2.64. The van der Waals surface area contributed by atoms with Gasteiger partial charge in [-0.05, 0) is 24.4 Å². The Morgan fingerprint density at radius 3 is 2.89 bits per heavy atom. The van der Waals surface area contributed by atoms with E-state index in [1.165, 1.54) is 0 Å². The van der Waals surface area contributed by atoms with Crippen molar-refractivity contribution in [2.24, 2.45) is 0 Å². The zero-order valence-corrected chi connectivity index (χ0v) is 11.9. The molecule has 102 valence electrons. The first kappa shape index (κ1) is 13.7. The lowest BCUT2D eigenvalue weighted by molar-refractivity contribution is 0.102. The molecule has 0 radical (unpaired) electrons. The van der Waals surface area contributed by atoms with Gasteiger partial charge in [0.2, 0.25) is 0 Å². The van der Waals surface area contributed by atoms with E-state index in [-0.39, 0.29) is 5.91 Å². The van der Waals surface area contributed by atoms with E-state index in [0.29, 0.717) is 10.7 Å². The molecule has 7 heteroatoms. The maximum absolute atomic E-state index is 12.1. The minimum atomic E-state index is -0.187. The third-order valence-corrected chi connectivity index (χ3v) is 3.41. The van der Waals surface area contributed by atoms with E-state index in [9.17, 15) is 4.79 Å². The van der Waals surface area contributed by atoms with Crippen LogP contribution in [0.25, 0.3) is 0 Å². The van der Waals surface area contributed by atoms with Gasteiger partial charge in [-0.2, -0.15) is 5.10 Å². The molecule has 0 saturated carbocycles. The van der Waals surface area contributed by atoms with E-state index in [1.807, 2.05) is 13.0 Å². The molecule has 2 rings (SSSR count). The summed E-state index contributed by atoms with van der Waals surface area (Å²) in [5, 5.41) is 13.7. The minimum Gasteiger partial charge on any atom is -0.304 e. The first-order chi connectivity index (χ1) is 9.24. The van der Waals surface area contributed by atoms with Crippen LogP contribution in [-0.2, 0) is 12.8 Å². The summed E-state index contributed by atoms with van der Waals surface area (Å²) < 4.78 is 3.84. The van der Waals surface area contributed by atoms with Gasteiger partial charge in [0.1, 0.15) is 4.88 Å². The molecule has 0 fully saturated rings. The number of H-pyrrole nitrogens is 1. The molecule has 2 aromatic rings. The number of carbonyl (C=O) groups is 1. The quantitative estimate of drug-likeness (QED) is 0.850. The number of hydrogen-bond acceptors (Lipinski definition) is 5. The monoisotopic (exact) mass is 279 g/mol. The van der Waals surface area contributed by atoms with Crippen molar-refractivity contribution in [3.05, 3.63) is 22.3 Å². The zero-order chi connectivity index (χ0) is 13.7. The SMILES string of the molecule is CCCc1cc(NC(=O)c2snnc2CCC)n[nH]1. The number of rotatable bonds is 6. The Morgan fingerprint density at radius 1 is 1.37 bits per heavy atom. The van der Waals surface area contributed by atoms with Crippen LogP contribution >= 0.6 is 11.5 Å². The molecule has 0 aliphatic heterocycles. The number of nitrogens with zero attached hydrogens (tertiary/aromatic N) is 3. The van der Waals surface area contributed by atoms with Crippen LogP contribution < -0.4 is 5.32 Å². The number of nitrogens with one attached hydrogen (secondary N) is 2. The highest BCUT2D eigenvalue weighted by atomic mass is 32.1. The molecule has 0 aliphatic carbocycles. The van der Waals surface area contributed by atoms with E-state index in [1.54, 1.807) is 0 Å². The second-order valence-electron chi connectivity index (χ2n) is 4.28. The highest BCUT2D eigenvalue weighted by Crippen LogP contribution is 2.15. The lowest BCUT2D eigenvalue weighted by atomic mass is 10.2. The van der Waals surface area contributed by atoms with Gasteiger partial charge in [0.05, 0.1) is 5.69 Å². The summed E-state index contributed by atoms with van der Waals surface area (Å²) in [5.74, 6) is 0.359. The number of amides is 1.